The van der Waals surface area contributed by atoms with Crippen molar-refractivity contribution in [3.05, 3.63) is 40.6 Å². The molecule has 2 fully saturated rings. The number of anilines is 1. The van der Waals surface area contributed by atoms with Crippen molar-refractivity contribution in [1.29, 1.82) is 0 Å². The molecule has 0 radical (unpaired) electrons. The van der Waals surface area contributed by atoms with Gasteiger partial charge in [0.2, 0.25) is 5.91 Å². The summed E-state index contributed by atoms with van der Waals surface area (Å²) in [5.74, 6) is 1.08. The lowest BCUT2D eigenvalue weighted by Gasteiger charge is -2.31. The Morgan fingerprint density at radius 3 is 2.82 bits per heavy atom. The molecule has 1 N–H and O–H groups in total. The average Bonchev–Trinajstić information content (AvgIpc) is 3.41. The van der Waals surface area contributed by atoms with Gasteiger partial charge in [0.25, 0.3) is 5.79 Å². The van der Waals surface area contributed by atoms with E-state index in [1.54, 1.807) is 11.3 Å². The van der Waals surface area contributed by atoms with Crippen molar-refractivity contribution in [3.63, 3.8) is 0 Å². The topological polar surface area (TPSA) is 50.8 Å². The summed E-state index contributed by atoms with van der Waals surface area (Å²) in [6.07, 6.45) is 7.65. The SMILES string of the molecule is O=C(CN1CCCC1c1cccs1)Nc1ccc2c(c1)OC1(CCCCC1)O2. The number of likely N-dealkylation sites (tertiary alicyclic amines) is 1. The number of fused-ring (bicyclic) bond motifs is 1. The van der Waals surface area contributed by atoms with E-state index in [0.717, 1.165) is 62.3 Å². The first kappa shape index (κ1) is 18.0. The van der Waals surface area contributed by atoms with E-state index in [-0.39, 0.29) is 5.91 Å². The minimum atomic E-state index is -0.479. The molecule has 1 atom stereocenters. The fourth-order valence-electron chi connectivity index (χ4n) is 4.67. The minimum Gasteiger partial charge on any atom is -0.448 e. The Morgan fingerprint density at radius 2 is 2.00 bits per heavy atom. The van der Waals surface area contributed by atoms with Gasteiger partial charge in [-0.2, -0.15) is 0 Å². The van der Waals surface area contributed by atoms with Gasteiger partial charge < -0.3 is 14.8 Å². The van der Waals surface area contributed by atoms with E-state index in [1.807, 2.05) is 18.2 Å². The van der Waals surface area contributed by atoms with Gasteiger partial charge in [0.05, 0.1) is 6.54 Å². The van der Waals surface area contributed by atoms with Crippen LogP contribution in [0, 0.1) is 0 Å². The molecule has 1 aliphatic carbocycles. The first-order valence-electron chi connectivity index (χ1n) is 10.3. The Balaban J connectivity index is 1.23. The van der Waals surface area contributed by atoms with Gasteiger partial charge in [0.15, 0.2) is 11.5 Å². The molecule has 6 heteroatoms. The molecule has 1 aromatic carbocycles. The van der Waals surface area contributed by atoms with Crippen molar-refractivity contribution < 1.29 is 14.3 Å². The Bertz CT molecular complexity index is 845. The largest absolute Gasteiger partial charge is 0.448 e. The van der Waals surface area contributed by atoms with Crippen LogP contribution in [-0.2, 0) is 4.79 Å². The van der Waals surface area contributed by atoms with E-state index in [2.05, 4.69) is 27.7 Å². The predicted molar refractivity (Wildman–Crippen MR) is 110 cm³/mol. The third-order valence-electron chi connectivity index (χ3n) is 6.02. The standard InChI is InChI=1S/C22H26N2O3S/c25-21(15-24-12-4-6-17(24)20-7-5-13-28-20)23-16-8-9-18-19(14-16)27-22(26-18)10-2-1-3-11-22/h5,7-9,13-14,17H,1-4,6,10-12,15H2,(H,23,25). The van der Waals surface area contributed by atoms with Gasteiger partial charge >= 0.3 is 0 Å². The van der Waals surface area contributed by atoms with Crippen LogP contribution in [0.25, 0.3) is 0 Å². The molecule has 3 heterocycles. The Kier molecular flexibility index (Phi) is 4.77. The van der Waals surface area contributed by atoms with Crippen LogP contribution in [0.3, 0.4) is 0 Å². The van der Waals surface area contributed by atoms with E-state index in [9.17, 15) is 4.79 Å². The monoisotopic (exact) mass is 398 g/mol. The normalized spacial score (nSPS) is 23.2. The first-order valence-corrected chi connectivity index (χ1v) is 11.2. The van der Waals surface area contributed by atoms with Crippen molar-refractivity contribution in [2.75, 3.05) is 18.4 Å². The van der Waals surface area contributed by atoms with Crippen molar-refractivity contribution in [2.45, 2.75) is 56.8 Å². The quantitative estimate of drug-likeness (QED) is 0.791. The fourth-order valence-corrected chi connectivity index (χ4v) is 5.56. The van der Waals surface area contributed by atoms with E-state index in [0.29, 0.717) is 12.6 Å². The molecule has 0 bridgehead atoms. The second kappa shape index (κ2) is 7.41. The number of carbonyl (C=O) groups is 1. The summed E-state index contributed by atoms with van der Waals surface area (Å²) in [5, 5.41) is 5.15. The van der Waals surface area contributed by atoms with Gasteiger partial charge in [0.1, 0.15) is 0 Å². The van der Waals surface area contributed by atoms with Gasteiger partial charge in [-0.1, -0.05) is 12.5 Å². The van der Waals surface area contributed by atoms with E-state index < -0.39 is 5.79 Å². The van der Waals surface area contributed by atoms with Gasteiger partial charge in [-0.05, 0) is 55.8 Å². The lowest BCUT2D eigenvalue weighted by atomic mass is 9.94. The highest BCUT2D eigenvalue weighted by Gasteiger charge is 2.42. The maximum atomic E-state index is 12.7. The van der Waals surface area contributed by atoms with Gasteiger partial charge in [0, 0.05) is 35.5 Å². The maximum Gasteiger partial charge on any atom is 0.251 e. The van der Waals surface area contributed by atoms with Crippen molar-refractivity contribution in [3.8, 4) is 11.5 Å². The summed E-state index contributed by atoms with van der Waals surface area (Å²) in [4.78, 5) is 16.3. The number of rotatable bonds is 4. The number of nitrogens with one attached hydrogen (secondary N) is 1. The number of amides is 1. The molecule has 5 nitrogen and oxygen atoms in total. The number of ether oxygens (including phenoxy) is 2. The number of carbonyl (C=O) groups excluding carboxylic acids is 1. The summed E-state index contributed by atoms with van der Waals surface area (Å²) in [5.41, 5.74) is 0.770. The van der Waals surface area contributed by atoms with Crippen molar-refractivity contribution >= 4 is 22.9 Å². The van der Waals surface area contributed by atoms with Gasteiger partial charge in [-0.3, -0.25) is 9.69 Å². The molecule has 5 rings (SSSR count). The molecular formula is C22H26N2O3S. The summed E-state index contributed by atoms with van der Waals surface area (Å²) >= 11 is 1.78. The third kappa shape index (κ3) is 3.51. The molecule has 148 valence electrons. The molecular weight excluding hydrogens is 372 g/mol. The minimum absolute atomic E-state index is 0.0229. The van der Waals surface area contributed by atoms with Crippen LogP contribution in [0.4, 0.5) is 5.69 Å². The summed E-state index contributed by atoms with van der Waals surface area (Å²) < 4.78 is 12.3. The zero-order chi connectivity index (χ0) is 19.0. The zero-order valence-electron chi connectivity index (χ0n) is 16.0. The number of nitrogens with zero attached hydrogens (tertiary/aromatic N) is 1. The molecule has 3 aliphatic rings. The number of thiophene rings is 1. The lowest BCUT2D eigenvalue weighted by Crippen LogP contribution is -2.40. The highest BCUT2D eigenvalue weighted by molar-refractivity contribution is 7.10. The molecule has 1 aromatic heterocycles. The maximum absolute atomic E-state index is 12.7. The van der Waals surface area contributed by atoms with Gasteiger partial charge in [-0.15, -0.1) is 11.3 Å². The van der Waals surface area contributed by atoms with Crippen molar-refractivity contribution in [2.24, 2.45) is 0 Å². The molecule has 1 unspecified atom stereocenters. The van der Waals surface area contributed by atoms with Gasteiger partial charge in [-0.25, -0.2) is 0 Å². The van der Waals surface area contributed by atoms with Crippen LogP contribution in [0.1, 0.15) is 55.9 Å². The molecule has 1 spiro atoms. The van der Waals surface area contributed by atoms with E-state index in [1.165, 1.54) is 11.3 Å². The fraction of sp³-hybridized carbons (Fsp3) is 0.500. The van der Waals surface area contributed by atoms with Crippen LogP contribution in [0.2, 0.25) is 0 Å². The predicted octanol–water partition coefficient (Wildman–Crippen LogP) is 4.96. The number of benzene rings is 1. The third-order valence-corrected chi connectivity index (χ3v) is 6.99. The number of hydrogen-bond donors (Lipinski definition) is 1. The molecule has 1 saturated carbocycles. The zero-order valence-corrected chi connectivity index (χ0v) is 16.8. The Hall–Kier alpha value is -2.05. The Labute approximate surface area is 169 Å². The molecule has 28 heavy (non-hydrogen) atoms. The highest BCUT2D eigenvalue weighted by atomic mass is 32.1. The summed E-state index contributed by atoms with van der Waals surface area (Å²) in [6.45, 7) is 1.39. The first-order chi connectivity index (χ1) is 13.7. The highest BCUT2D eigenvalue weighted by Crippen LogP contribution is 2.46. The summed E-state index contributed by atoms with van der Waals surface area (Å²) in [6, 6.07) is 10.3. The van der Waals surface area contributed by atoms with Crippen LogP contribution >= 0.6 is 11.3 Å². The smallest absolute Gasteiger partial charge is 0.251 e. The molecule has 1 saturated heterocycles. The van der Waals surface area contributed by atoms with Crippen LogP contribution < -0.4 is 14.8 Å². The van der Waals surface area contributed by atoms with Crippen LogP contribution in [0.5, 0.6) is 11.5 Å². The lowest BCUT2D eigenvalue weighted by molar-refractivity contribution is -0.117. The average molecular weight is 399 g/mol. The molecule has 2 aromatic rings. The second-order valence-corrected chi connectivity index (χ2v) is 9.01. The summed E-state index contributed by atoms with van der Waals surface area (Å²) in [7, 11) is 0. The van der Waals surface area contributed by atoms with E-state index >= 15 is 0 Å². The van der Waals surface area contributed by atoms with Crippen LogP contribution in [-0.4, -0.2) is 29.7 Å². The van der Waals surface area contributed by atoms with E-state index in [4.69, 9.17) is 9.47 Å². The number of hydrogen-bond acceptors (Lipinski definition) is 5. The molecule has 2 aliphatic heterocycles. The Morgan fingerprint density at radius 1 is 1.14 bits per heavy atom. The van der Waals surface area contributed by atoms with Crippen LogP contribution in [0.15, 0.2) is 35.7 Å². The van der Waals surface area contributed by atoms with Crippen molar-refractivity contribution in [1.82, 2.24) is 4.90 Å². The second-order valence-electron chi connectivity index (χ2n) is 8.03. The molecule has 1 amide bonds.